The lowest BCUT2D eigenvalue weighted by molar-refractivity contribution is -0.118. The third kappa shape index (κ3) is 8.70. The Morgan fingerprint density at radius 2 is 1.63 bits per heavy atom. The molecule has 0 aliphatic carbocycles. The lowest BCUT2D eigenvalue weighted by atomic mass is 9.77. The molecule has 1 aromatic rings. The molecule has 2 amide bonds. The molecule has 0 atom stereocenters. The largest absolute Gasteiger partial charge is 0.505 e. The van der Waals surface area contributed by atoms with Crippen LogP contribution in [0.2, 0.25) is 0 Å². The van der Waals surface area contributed by atoms with Crippen molar-refractivity contribution in [2.45, 2.75) is 110 Å². The Hall–Kier alpha value is -2.29. The summed E-state index contributed by atoms with van der Waals surface area (Å²) in [6.07, 6.45) is 11.1. The average molecular weight is 511 g/mol. The number of aromatic hydroxyl groups is 1. The molecule has 9 heteroatoms. The minimum absolute atomic E-state index is 0.0592. The number of amides is 2. The van der Waals surface area contributed by atoms with Gasteiger partial charge in [0.1, 0.15) is 5.75 Å². The first-order chi connectivity index (χ1) is 16.5. The van der Waals surface area contributed by atoms with Gasteiger partial charge in [0, 0.05) is 29.9 Å². The first-order valence-corrected chi connectivity index (χ1v) is 14.5. The van der Waals surface area contributed by atoms with Crippen LogP contribution in [0.15, 0.2) is 6.07 Å². The summed E-state index contributed by atoms with van der Waals surface area (Å²) in [5.41, 5.74) is -0.253. The Balaban J connectivity index is 2.07. The van der Waals surface area contributed by atoms with Crippen LogP contribution in [0.1, 0.15) is 110 Å². The lowest BCUT2D eigenvalue weighted by Gasteiger charge is -2.34. The average Bonchev–Trinajstić information content (AvgIpc) is 2.76. The van der Waals surface area contributed by atoms with Crippen molar-refractivity contribution in [3.63, 3.8) is 0 Å². The van der Waals surface area contributed by atoms with E-state index in [4.69, 9.17) is 4.18 Å². The number of hydrogen-bond donors (Lipinski definition) is 3. The van der Waals surface area contributed by atoms with Crippen molar-refractivity contribution >= 4 is 33.3 Å². The second-order valence-electron chi connectivity index (χ2n) is 10.1. The predicted molar refractivity (Wildman–Crippen MR) is 140 cm³/mol. The zero-order valence-corrected chi connectivity index (χ0v) is 22.5. The standard InChI is InChI=1S/C26H42N2O6S/c1-5-7-8-9-10-11-12-13-14-15-16-35(32,33)34-20-17-19(27-21(29)6-2)25(31)23-24(20)28-22(30)18-26(23,3)4/h17,31H,5-16,18H2,1-4H3,(H,27,29)(H,28,30). The molecule has 35 heavy (non-hydrogen) atoms. The molecule has 0 saturated carbocycles. The molecule has 0 bridgehead atoms. The molecule has 3 N–H and O–H groups in total. The van der Waals surface area contributed by atoms with E-state index in [1.54, 1.807) is 20.8 Å². The number of carbonyl (C=O) groups excluding carboxylic acids is 2. The van der Waals surface area contributed by atoms with Crippen LogP contribution in [0.5, 0.6) is 11.5 Å². The molecule has 0 saturated heterocycles. The molecule has 0 spiro atoms. The molecule has 2 rings (SSSR count). The fourth-order valence-electron chi connectivity index (χ4n) is 4.45. The van der Waals surface area contributed by atoms with E-state index >= 15 is 0 Å². The Morgan fingerprint density at radius 3 is 2.20 bits per heavy atom. The van der Waals surface area contributed by atoms with Crippen molar-refractivity contribution in [2.75, 3.05) is 16.4 Å². The molecule has 0 fully saturated rings. The summed E-state index contributed by atoms with van der Waals surface area (Å²) >= 11 is 0. The Bertz CT molecular complexity index is 988. The summed E-state index contributed by atoms with van der Waals surface area (Å²) in [5.74, 6) is -1.09. The smallest absolute Gasteiger partial charge is 0.309 e. The molecule has 8 nitrogen and oxygen atoms in total. The van der Waals surface area contributed by atoms with E-state index in [-0.39, 0.29) is 53.3 Å². The van der Waals surface area contributed by atoms with E-state index in [1.807, 2.05) is 0 Å². The number of carbonyl (C=O) groups is 2. The number of fused-ring (bicyclic) bond motifs is 1. The van der Waals surface area contributed by atoms with Gasteiger partial charge in [-0.05, 0) is 6.42 Å². The number of nitrogens with one attached hydrogen (secondary N) is 2. The Labute approximate surface area is 210 Å². The van der Waals surface area contributed by atoms with E-state index in [0.717, 1.165) is 19.3 Å². The minimum atomic E-state index is -3.94. The number of benzene rings is 1. The van der Waals surface area contributed by atoms with E-state index in [1.165, 1.54) is 44.6 Å². The van der Waals surface area contributed by atoms with Crippen molar-refractivity contribution in [2.24, 2.45) is 0 Å². The van der Waals surface area contributed by atoms with Gasteiger partial charge in [-0.2, -0.15) is 8.42 Å². The SMILES string of the molecule is CCCCCCCCCCCCS(=O)(=O)Oc1cc(NC(=O)CC)c(O)c2c1NC(=O)CC2(C)C. The van der Waals surface area contributed by atoms with Crippen molar-refractivity contribution in [1.29, 1.82) is 0 Å². The summed E-state index contributed by atoms with van der Waals surface area (Å²) in [5, 5.41) is 16.1. The van der Waals surface area contributed by atoms with Gasteiger partial charge in [-0.1, -0.05) is 85.5 Å². The third-order valence-electron chi connectivity index (χ3n) is 6.37. The second kappa shape index (κ2) is 13.1. The summed E-state index contributed by atoms with van der Waals surface area (Å²) in [6, 6.07) is 1.26. The van der Waals surface area contributed by atoms with E-state index < -0.39 is 15.5 Å². The fourth-order valence-corrected chi connectivity index (χ4v) is 5.49. The summed E-state index contributed by atoms with van der Waals surface area (Å²) in [6.45, 7) is 7.42. The van der Waals surface area contributed by atoms with Crippen molar-refractivity contribution < 1.29 is 27.3 Å². The van der Waals surface area contributed by atoms with Gasteiger partial charge in [-0.3, -0.25) is 9.59 Å². The molecule has 0 aromatic heterocycles. The topological polar surface area (TPSA) is 122 Å². The van der Waals surface area contributed by atoms with Crippen molar-refractivity contribution in [3.05, 3.63) is 11.6 Å². The van der Waals surface area contributed by atoms with Crippen molar-refractivity contribution in [1.82, 2.24) is 0 Å². The van der Waals surface area contributed by atoms with Crippen LogP contribution in [0.25, 0.3) is 0 Å². The molecule has 0 radical (unpaired) electrons. The molecule has 198 valence electrons. The van der Waals surface area contributed by atoms with Crippen LogP contribution in [-0.4, -0.2) is 31.1 Å². The van der Waals surface area contributed by atoms with Gasteiger partial charge in [0.05, 0.1) is 17.1 Å². The van der Waals surface area contributed by atoms with Crippen LogP contribution < -0.4 is 14.8 Å². The van der Waals surface area contributed by atoms with E-state index in [9.17, 15) is 23.1 Å². The molecule has 0 unspecified atom stereocenters. The number of unbranched alkanes of at least 4 members (excludes halogenated alkanes) is 9. The highest BCUT2D eigenvalue weighted by Crippen LogP contribution is 2.50. The van der Waals surface area contributed by atoms with Gasteiger partial charge in [-0.25, -0.2) is 0 Å². The molecular formula is C26H42N2O6S. The normalized spacial score (nSPS) is 14.8. The molecular weight excluding hydrogens is 468 g/mol. The van der Waals surface area contributed by atoms with Gasteiger partial charge in [0.2, 0.25) is 11.8 Å². The van der Waals surface area contributed by atoms with Gasteiger partial charge >= 0.3 is 10.1 Å². The number of phenolic OH excluding ortho intramolecular Hbond substituents is 1. The minimum Gasteiger partial charge on any atom is -0.505 e. The summed E-state index contributed by atoms with van der Waals surface area (Å²) in [4.78, 5) is 24.3. The first kappa shape index (κ1) is 28.9. The monoisotopic (exact) mass is 510 g/mol. The molecule has 1 aliphatic heterocycles. The first-order valence-electron chi connectivity index (χ1n) is 12.9. The Morgan fingerprint density at radius 1 is 1.06 bits per heavy atom. The van der Waals surface area contributed by atoms with Crippen LogP contribution in [0.4, 0.5) is 11.4 Å². The molecule has 1 aromatic carbocycles. The van der Waals surface area contributed by atoms with Crippen LogP contribution in [0, 0.1) is 0 Å². The fraction of sp³-hybridized carbons (Fsp3) is 0.692. The highest BCUT2D eigenvalue weighted by Gasteiger charge is 2.38. The van der Waals surface area contributed by atoms with Crippen LogP contribution in [-0.2, 0) is 25.1 Å². The molecule has 1 aliphatic rings. The zero-order chi connectivity index (χ0) is 26.1. The zero-order valence-electron chi connectivity index (χ0n) is 21.7. The highest BCUT2D eigenvalue weighted by atomic mass is 32.2. The number of hydrogen-bond acceptors (Lipinski definition) is 6. The van der Waals surface area contributed by atoms with Gasteiger partial charge < -0.3 is 19.9 Å². The van der Waals surface area contributed by atoms with E-state index in [2.05, 4.69) is 17.6 Å². The quantitative estimate of drug-likeness (QED) is 0.151. The second-order valence-corrected chi connectivity index (χ2v) is 11.7. The van der Waals surface area contributed by atoms with Gasteiger partial charge in [0.25, 0.3) is 0 Å². The van der Waals surface area contributed by atoms with E-state index in [0.29, 0.717) is 12.0 Å². The van der Waals surface area contributed by atoms with Crippen LogP contribution in [0.3, 0.4) is 0 Å². The summed E-state index contributed by atoms with van der Waals surface area (Å²) < 4.78 is 30.9. The maximum absolute atomic E-state index is 12.8. The predicted octanol–water partition coefficient (Wildman–Crippen LogP) is 5.99. The number of anilines is 2. The molecule has 1 heterocycles. The van der Waals surface area contributed by atoms with Gasteiger partial charge in [0.15, 0.2) is 5.75 Å². The third-order valence-corrected chi connectivity index (χ3v) is 7.59. The number of rotatable bonds is 15. The maximum Gasteiger partial charge on any atom is 0.309 e. The van der Waals surface area contributed by atoms with Crippen LogP contribution >= 0.6 is 0 Å². The summed E-state index contributed by atoms with van der Waals surface area (Å²) in [7, 11) is -3.94. The maximum atomic E-state index is 12.8. The number of phenols is 1. The highest BCUT2D eigenvalue weighted by molar-refractivity contribution is 7.87. The Kier molecular flexibility index (Phi) is 10.9. The lowest BCUT2D eigenvalue weighted by Crippen LogP contribution is -2.33. The van der Waals surface area contributed by atoms with Gasteiger partial charge in [-0.15, -0.1) is 0 Å². The van der Waals surface area contributed by atoms with Crippen molar-refractivity contribution in [3.8, 4) is 11.5 Å².